The van der Waals surface area contributed by atoms with Crippen LogP contribution in [-0.4, -0.2) is 20.1 Å². The first kappa shape index (κ1) is 16.4. The maximum Gasteiger partial charge on any atom is 0.206 e. The Morgan fingerprint density at radius 2 is 1.64 bits per heavy atom. The summed E-state index contributed by atoms with van der Waals surface area (Å²) in [6, 6.07) is 10.7. The van der Waals surface area contributed by atoms with Crippen LogP contribution in [0.5, 0.6) is 11.5 Å². The maximum absolute atomic E-state index is 12.7. The van der Waals surface area contributed by atoms with Crippen LogP contribution in [0.25, 0.3) is 0 Å². The van der Waals surface area contributed by atoms with Crippen LogP contribution < -0.4 is 4.74 Å². The molecule has 2 rings (SSSR count). The van der Waals surface area contributed by atoms with Gasteiger partial charge in [0.05, 0.1) is 16.4 Å². The lowest BCUT2D eigenvalue weighted by Gasteiger charge is -2.11. The molecule has 0 saturated heterocycles. The Hall–Kier alpha value is -2.01. The molecule has 2 aromatic carbocycles. The van der Waals surface area contributed by atoms with E-state index in [-0.39, 0.29) is 21.5 Å². The number of hydrogen-bond donors (Lipinski definition) is 1. The highest BCUT2D eigenvalue weighted by Crippen LogP contribution is 2.30. The van der Waals surface area contributed by atoms with Gasteiger partial charge in [-0.2, -0.15) is 0 Å². The molecule has 4 nitrogen and oxygen atoms in total. The number of sulfone groups is 1. The van der Waals surface area contributed by atoms with Gasteiger partial charge in [0.1, 0.15) is 11.5 Å². The molecule has 0 radical (unpaired) electrons. The van der Waals surface area contributed by atoms with Crippen molar-refractivity contribution in [3.05, 3.63) is 48.0 Å². The fraction of sp³-hybridized carbons (Fsp3) is 0.294. The van der Waals surface area contributed by atoms with Gasteiger partial charge >= 0.3 is 0 Å². The summed E-state index contributed by atoms with van der Waals surface area (Å²) in [5.41, 5.74) is 0.618. The highest BCUT2D eigenvalue weighted by Gasteiger charge is 2.20. The minimum Gasteiger partial charge on any atom is -0.508 e. The third-order valence-electron chi connectivity index (χ3n) is 3.38. The first-order valence-electron chi connectivity index (χ1n) is 7.17. The molecule has 0 atom stereocenters. The zero-order chi connectivity index (χ0) is 16.3. The molecular weight excluding hydrogens is 300 g/mol. The lowest BCUT2D eigenvalue weighted by Crippen LogP contribution is -2.03. The summed E-state index contributed by atoms with van der Waals surface area (Å²) in [4.78, 5) is 0.384. The van der Waals surface area contributed by atoms with Crippen molar-refractivity contribution < 1.29 is 18.3 Å². The van der Waals surface area contributed by atoms with Crippen LogP contribution in [0.2, 0.25) is 0 Å². The predicted molar refractivity (Wildman–Crippen MR) is 85.3 cm³/mol. The summed E-state index contributed by atoms with van der Waals surface area (Å²) in [5.74, 6) is 0.783. The Morgan fingerprint density at radius 1 is 1.05 bits per heavy atom. The number of ether oxygens (including phenoxy) is 1. The molecule has 0 aliphatic rings. The summed E-state index contributed by atoms with van der Waals surface area (Å²) >= 11 is 0. The van der Waals surface area contributed by atoms with Crippen molar-refractivity contribution >= 4 is 9.84 Å². The minimum atomic E-state index is -3.61. The van der Waals surface area contributed by atoms with Crippen LogP contribution in [0.4, 0.5) is 0 Å². The Kier molecular flexibility index (Phi) is 4.76. The van der Waals surface area contributed by atoms with Gasteiger partial charge in [-0.15, -0.1) is 0 Å². The molecule has 0 aliphatic carbocycles. The van der Waals surface area contributed by atoms with Gasteiger partial charge in [-0.1, -0.05) is 13.8 Å². The lowest BCUT2D eigenvalue weighted by atomic mass is 10.0. The molecule has 0 spiro atoms. The van der Waals surface area contributed by atoms with Crippen LogP contribution in [0.3, 0.4) is 0 Å². The SMILES string of the molecule is CCOc1ccc(S(=O)(=O)c2ccc(O)c(C(C)C)c2)cc1. The van der Waals surface area contributed by atoms with Crippen molar-refractivity contribution in [1.82, 2.24) is 0 Å². The van der Waals surface area contributed by atoms with Crippen molar-refractivity contribution in [3.63, 3.8) is 0 Å². The monoisotopic (exact) mass is 320 g/mol. The zero-order valence-electron chi connectivity index (χ0n) is 12.9. The van der Waals surface area contributed by atoms with Crippen molar-refractivity contribution in [2.24, 2.45) is 0 Å². The van der Waals surface area contributed by atoms with Crippen LogP contribution in [0.1, 0.15) is 32.3 Å². The van der Waals surface area contributed by atoms with Gasteiger partial charge < -0.3 is 9.84 Å². The minimum absolute atomic E-state index is 0.0375. The molecule has 0 heterocycles. The van der Waals surface area contributed by atoms with Crippen LogP contribution in [0.15, 0.2) is 52.3 Å². The van der Waals surface area contributed by atoms with E-state index in [2.05, 4.69) is 0 Å². The number of phenolic OH excluding ortho intramolecular Hbond substituents is 1. The van der Waals surface area contributed by atoms with E-state index in [0.29, 0.717) is 17.9 Å². The van der Waals surface area contributed by atoms with Crippen molar-refractivity contribution in [2.45, 2.75) is 36.5 Å². The Morgan fingerprint density at radius 3 is 2.18 bits per heavy atom. The number of phenols is 1. The molecule has 0 bridgehead atoms. The average Bonchev–Trinajstić information content (AvgIpc) is 2.48. The van der Waals surface area contributed by atoms with Crippen molar-refractivity contribution in [1.29, 1.82) is 0 Å². The molecule has 0 unspecified atom stereocenters. The molecule has 118 valence electrons. The normalized spacial score (nSPS) is 11.6. The van der Waals surface area contributed by atoms with E-state index in [1.807, 2.05) is 20.8 Å². The van der Waals surface area contributed by atoms with E-state index in [9.17, 15) is 13.5 Å². The maximum atomic E-state index is 12.7. The molecule has 22 heavy (non-hydrogen) atoms. The van der Waals surface area contributed by atoms with E-state index in [0.717, 1.165) is 0 Å². The molecule has 0 saturated carbocycles. The summed E-state index contributed by atoms with van der Waals surface area (Å²) in [6.07, 6.45) is 0. The Bertz CT molecular complexity index is 747. The third kappa shape index (κ3) is 3.25. The number of rotatable bonds is 5. The third-order valence-corrected chi connectivity index (χ3v) is 5.14. The van der Waals surface area contributed by atoms with Crippen LogP contribution in [-0.2, 0) is 9.84 Å². The van der Waals surface area contributed by atoms with Gasteiger partial charge in [0.25, 0.3) is 0 Å². The summed E-state index contributed by atoms with van der Waals surface area (Å²) < 4.78 is 30.7. The molecule has 0 aromatic heterocycles. The Labute approximate surface area is 131 Å². The Balaban J connectivity index is 2.44. The smallest absolute Gasteiger partial charge is 0.206 e. The quantitative estimate of drug-likeness (QED) is 0.911. The first-order chi connectivity index (χ1) is 10.4. The van der Waals surface area contributed by atoms with E-state index < -0.39 is 9.84 Å². The van der Waals surface area contributed by atoms with E-state index in [1.54, 1.807) is 12.1 Å². The summed E-state index contributed by atoms with van der Waals surface area (Å²) in [7, 11) is -3.61. The standard InChI is InChI=1S/C17H20O4S/c1-4-21-13-5-7-14(8-6-13)22(19,20)15-9-10-17(18)16(11-15)12(2)3/h5-12,18H,4H2,1-3H3. The zero-order valence-corrected chi connectivity index (χ0v) is 13.7. The topological polar surface area (TPSA) is 63.6 Å². The van der Waals surface area contributed by atoms with Gasteiger partial charge in [0.2, 0.25) is 9.84 Å². The predicted octanol–water partition coefficient (Wildman–Crippen LogP) is 3.75. The first-order valence-corrected chi connectivity index (χ1v) is 8.65. The van der Waals surface area contributed by atoms with E-state index in [1.165, 1.54) is 30.3 Å². The largest absolute Gasteiger partial charge is 0.508 e. The fourth-order valence-corrected chi connectivity index (χ4v) is 3.48. The lowest BCUT2D eigenvalue weighted by molar-refractivity contribution is 0.340. The van der Waals surface area contributed by atoms with Crippen molar-refractivity contribution in [3.8, 4) is 11.5 Å². The van der Waals surface area contributed by atoms with Crippen molar-refractivity contribution in [2.75, 3.05) is 6.61 Å². The molecule has 0 amide bonds. The second-order valence-electron chi connectivity index (χ2n) is 5.28. The number of hydrogen-bond acceptors (Lipinski definition) is 4. The van der Waals surface area contributed by atoms with Crippen LogP contribution in [0, 0.1) is 0 Å². The van der Waals surface area contributed by atoms with Crippen LogP contribution >= 0.6 is 0 Å². The summed E-state index contributed by atoms with van der Waals surface area (Å²) in [6.45, 7) is 6.21. The average molecular weight is 320 g/mol. The van der Waals surface area contributed by atoms with E-state index >= 15 is 0 Å². The van der Waals surface area contributed by atoms with Gasteiger partial charge in [0, 0.05) is 0 Å². The molecular formula is C17H20O4S. The van der Waals surface area contributed by atoms with Gasteiger partial charge in [0.15, 0.2) is 0 Å². The molecule has 0 aliphatic heterocycles. The van der Waals surface area contributed by atoms with Gasteiger partial charge in [-0.3, -0.25) is 0 Å². The van der Waals surface area contributed by atoms with Gasteiger partial charge in [-0.05, 0) is 60.9 Å². The fourth-order valence-electron chi connectivity index (χ4n) is 2.18. The summed E-state index contributed by atoms with van der Waals surface area (Å²) in [5, 5.41) is 9.83. The molecule has 0 fully saturated rings. The second-order valence-corrected chi connectivity index (χ2v) is 7.23. The molecule has 2 aromatic rings. The van der Waals surface area contributed by atoms with E-state index in [4.69, 9.17) is 4.74 Å². The number of benzene rings is 2. The molecule has 1 N–H and O–H groups in total. The highest BCUT2D eigenvalue weighted by atomic mass is 32.2. The highest BCUT2D eigenvalue weighted by molar-refractivity contribution is 7.91. The number of aromatic hydroxyl groups is 1. The second kappa shape index (κ2) is 6.40. The van der Waals surface area contributed by atoms with Gasteiger partial charge in [-0.25, -0.2) is 8.42 Å². The molecule has 5 heteroatoms.